The van der Waals surface area contributed by atoms with Crippen LogP contribution in [0.15, 0.2) is 45.5 Å². The molecule has 0 atom stereocenters. The van der Waals surface area contributed by atoms with Gasteiger partial charge in [-0.3, -0.25) is 4.79 Å². The zero-order valence-corrected chi connectivity index (χ0v) is 13.8. The molecule has 2 aliphatic heterocycles. The molecule has 0 radical (unpaired) electrons. The van der Waals surface area contributed by atoms with Crippen LogP contribution in [0.25, 0.3) is 0 Å². The van der Waals surface area contributed by atoms with Crippen LogP contribution in [-0.2, 0) is 10.3 Å². The monoisotopic (exact) mass is 375 g/mol. The minimum Gasteiger partial charge on any atom is -0.450 e. The SMILES string of the molecule is O=C1OC2(CCN(C(=O)c3ccc(Br)o3)CC2)c2ccccc21. The topological polar surface area (TPSA) is 59.8 Å². The quantitative estimate of drug-likeness (QED) is 0.717. The Morgan fingerprint density at radius 1 is 1.13 bits per heavy atom. The van der Waals surface area contributed by atoms with E-state index in [9.17, 15) is 9.59 Å². The highest BCUT2D eigenvalue weighted by molar-refractivity contribution is 9.10. The highest BCUT2D eigenvalue weighted by Crippen LogP contribution is 2.44. The fraction of sp³-hybridized carbons (Fsp3) is 0.294. The molecule has 4 rings (SSSR count). The molecule has 5 nitrogen and oxygen atoms in total. The number of likely N-dealkylation sites (tertiary alicyclic amines) is 1. The van der Waals surface area contributed by atoms with Gasteiger partial charge in [-0.1, -0.05) is 18.2 Å². The van der Waals surface area contributed by atoms with Crippen molar-refractivity contribution < 1.29 is 18.7 Å². The fourth-order valence-electron chi connectivity index (χ4n) is 3.37. The lowest BCUT2D eigenvalue weighted by Gasteiger charge is -2.38. The summed E-state index contributed by atoms with van der Waals surface area (Å²) in [5.41, 5.74) is 0.994. The second-order valence-corrected chi connectivity index (χ2v) is 6.61. The number of esters is 1. The van der Waals surface area contributed by atoms with E-state index in [0.29, 0.717) is 41.9 Å². The van der Waals surface area contributed by atoms with Crippen LogP contribution in [0.4, 0.5) is 0 Å². The average molecular weight is 376 g/mol. The fourth-order valence-corrected chi connectivity index (χ4v) is 3.68. The highest BCUT2D eigenvalue weighted by Gasteiger charge is 2.47. The van der Waals surface area contributed by atoms with Crippen molar-refractivity contribution in [1.82, 2.24) is 4.90 Å². The van der Waals surface area contributed by atoms with Crippen LogP contribution in [0.3, 0.4) is 0 Å². The first-order chi connectivity index (χ1) is 11.1. The van der Waals surface area contributed by atoms with Gasteiger partial charge in [0, 0.05) is 31.5 Å². The number of furan rings is 1. The minimum absolute atomic E-state index is 0.136. The van der Waals surface area contributed by atoms with Crippen molar-refractivity contribution in [2.75, 3.05) is 13.1 Å². The number of ether oxygens (including phenoxy) is 1. The summed E-state index contributed by atoms with van der Waals surface area (Å²) >= 11 is 3.20. The molecular weight excluding hydrogens is 362 g/mol. The molecule has 6 heteroatoms. The van der Waals surface area contributed by atoms with Crippen LogP contribution in [0, 0.1) is 0 Å². The number of piperidine rings is 1. The molecule has 3 heterocycles. The number of carbonyl (C=O) groups excluding carboxylic acids is 2. The first-order valence-corrected chi connectivity index (χ1v) is 8.26. The first-order valence-electron chi connectivity index (χ1n) is 7.46. The van der Waals surface area contributed by atoms with Gasteiger partial charge in [0.05, 0.1) is 5.56 Å². The number of fused-ring (bicyclic) bond motifs is 2. The van der Waals surface area contributed by atoms with Crippen LogP contribution >= 0.6 is 15.9 Å². The second kappa shape index (κ2) is 5.23. The largest absolute Gasteiger partial charge is 0.450 e. The molecular formula is C17H14BrNO4. The Bertz CT molecular complexity index is 789. The summed E-state index contributed by atoms with van der Waals surface area (Å²) in [6.07, 6.45) is 1.20. The Labute approximate surface area is 141 Å². The number of carbonyl (C=O) groups is 2. The molecule has 0 N–H and O–H groups in total. The van der Waals surface area contributed by atoms with E-state index in [-0.39, 0.29) is 11.9 Å². The molecule has 1 fully saturated rings. The van der Waals surface area contributed by atoms with E-state index in [4.69, 9.17) is 9.15 Å². The van der Waals surface area contributed by atoms with Crippen molar-refractivity contribution in [2.24, 2.45) is 0 Å². The molecule has 1 aromatic heterocycles. The lowest BCUT2D eigenvalue weighted by atomic mass is 9.84. The molecule has 0 aliphatic carbocycles. The maximum atomic E-state index is 12.4. The predicted molar refractivity (Wildman–Crippen MR) is 85.1 cm³/mol. The molecule has 118 valence electrons. The number of amides is 1. The number of halogens is 1. The van der Waals surface area contributed by atoms with E-state index in [2.05, 4.69) is 15.9 Å². The summed E-state index contributed by atoms with van der Waals surface area (Å²) in [6.45, 7) is 1.05. The standard InChI is InChI=1S/C17H14BrNO4/c18-14-6-5-13(22-14)15(20)19-9-7-17(8-10-19)12-4-2-1-3-11(12)16(21)23-17/h1-6H,7-10H2. The van der Waals surface area contributed by atoms with Gasteiger partial charge in [0.1, 0.15) is 5.60 Å². The van der Waals surface area contributed by atoms with Gasteiger partial charge in [-0.2, -0.15) is 0 Å². The highest BCUT2D eigenvalue weighted by atomic mass is 79.9. The van der Waals surface area contributed by atoms with Gasteiger partial charge in [-0.25, -0.2) is 4.79 Å². The van der Waals surface area contributed by atoms with E-state index in [1.165, 1.54) is 0 Å². The van der Waals surface area contributed by atoms with Gasteiger partial charge in [-0.05, 0) is 34.1 Å². The van der Waals surface area contributed by atoms with Gasteiger partial charge in [-0.15, -0.1) is 0 Å². The Hall–Kier alpha value is -2.08. The Kier molecular flexibility index (Phi) is 3.30. The number of hydrogen-bond acceptors (Lipinski definition) is 4. The summed E-state index contributed by atoms with van der Waals surface area (Å²) in [6, 6.07) is 10.9. The van der Waals surface area contributed by atoms with Crippen LogP contribution in [0.5, 0.6) is 0 Å². The summed E-state index contributed by atoms with van der Waals surface area (Å²) in [5.74, 6) is -0.0878. The lowest BCUT2D eigenvalue weighted by Crippen LogP contribution is -2.45. The van der Waals surface area contributed by atoms with Gasteiger partial charge in [0.25, 0.3) is 5.91 Å². The smallest absolute Gasteiger partial charge is 0.339 e. The molecule has 0 unspecified atom stereocenters. The second-order valence-electron chi connectivity index (χ2n) is 5.83. The van der Waals surface area contributed by atoms with Crippen molar-refractivity contribution in [2.45, 2.75) is 18.4 Å². The molecule has 2 aliphatic rings. The van der Waals surface area contributed by atoms with Gasteiger partial charge in [0.2, 0.25) is 0 Å². The van der Waals surface area contributed by atoms with E-state index in [0.717, 1.165) is 5.56 Å². The zero-order valence-electron chi connectivity index (χ0n) is 12.3. The molecule has 0 bridgehead atoms. The number of benzene rings is 1. The summed E-state index contributed by atoms with van der Waals surface area (Å²) in [5, 5.41) is 0. The van der Waals surface area contributed by atoms with Gasteiger partial charge in [0.15, 0.2) is 10.4 Å². The minimum atomic E-state index is -0.589. The van der Waals surface area contributed by atoms with Gasteiger partial charge < -0.3 is 14.1 Å². The third-order valence-corrected chi connectivity index (χ3v) is 4.99. The van der Waals surface area contributed by atoms with Crippen LogP contribution in [0.2, 0.25) is 0 Å². The number of nitrogens with zero attached hydrogens (tertiary/aromatic N) is 1. The number of rotatable bonds is 1. The molecule has 1 saturated heterocycles. The van der Waals surface area contributed by atoms with E-state index >= 15 is 0 Å². The third-order valence-electron chi connectivity index (χ3n) is 4.57. The van der Waals surface area contributed by atoms with E-state index in [1.807, 2.05) is 18.2 Å². The molecule has 1 aromatic carbocycles. The maximum absolute atomic E-state index is 12.4. The average Bonchev–Trinajstić information content (AvgIpc) is 3.11. The predicted octanol–water partition coefficient (Wildman–Crippen LogP) is 3.34. The van der Waals surface area contributed by atoms with Crippen molar-refractivity contribution in [3.8, 4) is 0 Å². The number of hydrogen-bond donors (Lipinski definition) is 0. The molecule has 23 heavy (non-hydrogen) atoms. The van der Waals surface area contributed by atoms with Crippen molar-refractivity contribution in [3.05, 3.63) is 58.0 Å². The molecule has 2 aromatic rings. The molecule has 1 spiro atoms. The summed E-state index contributed by atoms with van der Waals surface area (Å²) < 4.78 is 11.6. The van der Waals surface area contributed by atoms with E-state index in [1.54, 1.807) is 23.1 Å². The Morgan fingerprint density at radius 2 is 1.87 bits per heavy atom. The zero-order chi connectivity index (χ0) is 16.0. The third kappa shape index (κ3) is 2.28. The van der Waals surface area contributed by atoms with Crippen LogP contribution < -0.4 is 0 Å². The normalized spacial score (nSPS) is 18.8. The van der Waals surface area contributed by atoms with Crippen molar-refractivity contribution in [1.29, 1.82) is 0 Å². The summed E-state index contributed by atoms with van der Waals surface area (Å²) in [7, 11) is 0. The van der Waals surface area contributed by atoms with E-state index < -0.39 is 5.60 Å². The van der Waals surface area contributed by atoms with Crippen molar-refractivity contribution >= 4 is 27.8 Å². The maximum Gasteiger partial charge on any atom is 0.339 e. The molecule has 0 saturated carbocycles. The van der Waals surface area contributed by atoms with Gasteiger partial charge >= 0.3 is 5.97 Å². The first kappa shape index (κ1) is 14.5. The Morgan fingerprint density at radius 3 is 2.57 bits per heavy atom. The summed E-state index contributed by atoms with van der Waals surface area (Å²) in [4.78, 5) is 26.2. The Balaban J connectivity index is 1.54. The van der Waals surface area contributed by atoms with Crippen LogP contribution in [0.1, 0.15) is 39.3 Å². The molecule has 1 amide bonds. The van der Waals surface area contributed by atoms with Crippen LogP contribution in [-0.4, -0.2) is 29.9 Å². The van der Waals surface area contributed by atoms with Crippen molar-refractivity contribution in [3.63, 3.8) is 0 Å². The lowest BCUT2D eigenvalue weighted by molar-refractivity contribution is -0.0393.